The number of aromatic amines is 2. The van der Waals surface area contributed by atoms with E-state index in [9.17, 15) is 5.11 Å². The van der Waals surface area contributed by atoms with E-state index in [0.29, 0.717) is 34.8 Å². The van der Waals surface area contributed by atoms with Crippen LogP contribution in [0.5, 0.6) is 5.75 Å². The van der Waals surface area contributed by atoms with Crippen LogP contribution in [0.25, 0.3) is 39.1 Å². The van der Waals surface area contributed by atoms with Crippen molar-refractivity contribution in [2.45, 2.75) is 32.6 Å². The van der Waals surface area contributed by atoms with E-state index in [4.69, 9.17) is 4.74 Å². The zero-order chi connectivity index (χ0) is 25.4. The van der Waals surface area contributed by atoms with Gasteiger partial charge in [0, 0.05) is 37.2 Å². The summed E-state index contributed by atoms with van der Waals surface area (Å²) in [7, 11) is 0. The molecule has 2 aromatic heterocycles. The molecule has 0 bridgehead atoms. The summed E-state index contributed by atoms with van der Waals surface area (Å²) in [5, 5.41) is 17.8. The molecule has 4 heterocycles. The van der Waals surface area contributed by atoms with Gasteiger partial charge in [0.25, 0.3) is 0 Å². The van der Waals surface area contributed by atoms with Gasteiger partial charge in [-0.1, -0.05) is 25.1 Å². The number of nitrogens with zero attached hydrogens (tertiary/aromatic N) is 3. The van der Waals surface area contributed by atoms with E-state index in [1.54, 1.807) is 24.3 Å². The van der Waals surface area contributed by atoms with Crippen LogP contribution in [-0.4, -0.2) is 63.0 Å². The van der Waals surface area contributed by atoms with Gasteiger partial charge in [-0.05, 0) is 66.5 Å². The van der Waals surface area contributed by atoms with Gasteiger partial charge in [0.15, 0.2) is 11.6 Å². The van der Waals surface area contributed by atoms with Crippen LogP contribution in [0.1, 0.15) is 37.4 Å². The molecule has 6 rings (SSSR count). The topological polar surface area (TPSA) is 90.1 Å². The first-order valence-corrected chi connectivity index (χ1v) is 13.1. The van der Waals surface area contributed by atoms with E-state index in [-0.39, 0.29) is 17.1 Å². The molecule has 0 spiro atoms. The number of aromatic hydroxyl groups is 1. The minimum absolute atomic E-state index is 0.178. The highest BCUT2D eigenvalue weighted by Gasteiger charge is 2.22. The van der Waals surface area contributed by atoms with Gasteiger partial charge in [-0.15, -0.1) is 0 Å². The van der Waals surface area contributed by atoms with Crippen molar-refractivity contribution < 1.29 is 14.2 Å². The Hall–Kier alpha value is -3.49. The van der Waals surface area contributed by atoms with Crippen LogP contribution >= 0.6 is 0 Å². The van der Waals surface area contributed by atoms with Crippen molar-refractivity contribution >= 4 is 16.5 Å². The third kappa shape index (κ3) is 4.67. The van der Waals surface area contributed by atoms with Crippen LogP contribution in [0.2, 0.25) is 0 Å². The van der Waals surface area contributed by atoms with Gasteiger partial charge >= 0.3 is 0 Å². The number of hydrogen-bond acceptors (Lipinski definition) is 5. The van der Waals surface area contributed by atoms with Crippen LogP contribution < -0.4 is 0 Å². The molecule has 2 aliphatic heterocycles. The van der Waals surface area contributed by atoms with Gasteiger partial charge in [0.1, 0.15) is 17.0 Å². The number of aryl methyl sites for hydroxylation is 1. The molecule has 37 heavy (non-hydrogen) atoms. The van der Waals surface area contributed by atoms with Gasteiger partial charge in [0.05, 0.1) is 18.5 Å². The predicted octanol–water partition coefficient (Wildman–Crippen LogP) is 5.54. The summed E-state index contributed by atoms with van der Waals surface area (Å²) in [5.74, 6) is 1.08. The zero-order valence-corrected chi connectivity index (χ0v) is 21.1. The molecule has 192 valence electrons. The van der Waals surface area contributed by atoms with Crippen molar-refractivity contribution in [3.05, 3.63) is 59.7 Å². The number of imidazole rings is 1. The summed E-state index contributed by atoms with van der Waals surface area (Å²) in [5.41, 5.74) is 5.32. The average Bonchev–Trinajstić information content (AvgIpc) is 3.58. The maximum absolute atomic E-state index is 15.6. The van der Waals surface area contributed by atoms with Crippen LogP contribution in [0, 0.1) is 11.7 Å². The number of benzene rings is 2. The average molecular weight is 502 g/mol. The minimum Gasteiger partial charge on any atom is -0.508 e. The Labute approximate surface area is 215 Å². The molecule has 0 radical (unpaired) electrons. The van der Waals surface area contributed by atoms with Gasteiger partial charge in [-0.2, -0.15) is 5.10 Å². The second kappa shape index (κ2) is 10.1. The summed E-state index contributed by atoms with van der Waals surface area (Å²) < 4.78 is 21.2. The molecule has 1 saturated heterocycles. The molecule has 1 unspecified atom stereocenters. The molecule has 1 atom stereocenters. The fourth-order valence-electron chi connectivity index (χ4n) is 5.62. The van der Waals surface area contributed by atoms with E-state index in [1.165, 1.54) is 18.4 Å². The summed E-state index contributed by atoms with van der Waals surface area (Å²) >= 11 is 0. The largest absolute Gasteiger partial charge is 0.508 e. The number of fused-ring (bicyclic) bond motifs is 1. The van der Waals surface area contributed by atoms with Gasteiger partial charge in [0.2, 0.25) is 0 Å². The maximum atomic E-state index is 15.6. The number of rotatable bonds is 6. The van der Waals surface area contributed by atoms with E-state index < -0.39 is 0 Å². The molecular weight excluding hydrogens is 469 g/mol. The lowest BCUT2D eigenvalue weighted by molar-refractivity contribution is 0.0400. The maximum Gasteiger partial charge on any atom is 0.159 e. The number of ether oxygens (including phenoxy) is 1. The fraction of sp³-hybridized carbons (Fsp3) is 0.379. The van der Waals surface area contributed by atoms with Gasteiger partial charge in [-0.3, -0.25) is 10.00 Å². The molecule has 2 aromatic carbocycles. The third-order valence-electron chi connectivity index (χ3n) is 7.65. The Morgan fingerprint density at radius 1 is 1.22 bits per heavy atom. The lowest BCUT2D eigenvalue weighted by Crippen LogP contribution is -2.36. The number of nitrogens with one attached hydrogen (secondary N) is 2. The normalized spacial score (nSPS) is 18.9. The van der Waals surface area contributed by atoms with Crippen molar-refractivity contribution in [2.75, 3.05) is 32.8 Å². The van der Waals surface area contributed by atoms with Crippen molar-refractivity contribution in [1.82, 2.24) is 25.1 Å². The first kappa shape index (κ1) is 23.9. The number of hydrogen-bond donors (Lipinski definition) is 3. The summed E-state index contributed by atoms with van der Waals surface area (Å²) in [6.07, 6.45) is 8.21. The van der Waals surface area contributed by atoms with Gasteiger partial charge < -0.3 is 14.8 Å². The number of phenolic OH excluding ortho intramolecular Hbond substituents is 1. The standard InChI is InChI=1S/C29H32FN5O2/c1-2-19-14-21(36)5-6-22(19)23-7-8-24-27(26(23)30)33-34-28(24)29-31-15-25(32-29)20-9-11-35(12-10-20)16-18-4-3-13-37-17-18/h5-9,14-15,18,36H,2-4,10-13,16-17H2,1H3,(H,31,32)(H,33,34). The highest BCUT2D eigenvalue weighted by molar-refractivity contribution is 5.94. The Balaban J connectivity index is 1.23. The van der Waals surface area contributed by atoms with E-state index in [1.807, 2.05) is 19.2 Å². The second-order valence-corrected chi connectivity index (χ2v) is 10.1. The van der Waals surface area contributed by atoms with Crippen molar-refractivity contribution in [3.8, 4) is 28.4 Å². The first-order chi connectivity index (χ1) is 18.1. The fourth-order valence-corrected chi connectivity index (χ4v) is 5.62. The van der Waals surface area contributed by atoms with Crippen molar-refractivity contribution in [3.63, 3.8) is 0 Å². The Kier molecular flexibility index (Phi) is 6.52. The minimum atomic E-state index is -0.384. The van der Waals surface area contributed by atoms with E-state index in [0.717, 1.165) is 56.1 Å². The highest BCUT2D eigenvalue weighted by Crippen LogP contribution is 2.35. The summed E-state index contributed by atoms with van der Waals surface area (Å²) in [4.78, 5) is 10.5. The molecule has 0 aliphatic carbocycles. The molecule has 7 nitrogen and oxygen atoms in total. The van der Waals surface area contributed by atoms with E-state index in [2.05, 4.69) is 31.1 Å². The van der Waals surface area contributed by atoms with Crippen molar-refractivity contribution in [1.29, 1.82) is 0 Å². The molecule has 8 heteroatoms. The molecule has 3 N–H and O–H groups in total. The van der Waals surface area contributed by atoms with Crippen molar-refractivity contribution in [2.24, 2.45) is 5.92 Å². The summed E-state index contributed by atoms with van der Waals surface area (Å²) in [6.45, 7) is 6.82. The quantitative estimate of drug-likeness (QED) is 0.323. The van der Waals surface area contributed by atoms with Crippen LogP contribution in [0.4, 0.5) is 4.39 Å². The number of aromatic nitrogens is 4. The Morgan fingerprint density at radius 2 is 2.11 bits per heavy atom. The SMILES string of the molecule is CCc1cc(O)ccc1-c1ccc2c(-c3ncc(C4=CCN(CC5CCCOC5)CC4)[nH]3)[nH]nc2c1F. The lowest BCUT2D eigenvalue weighted by Gasteiger charge is -2.31. The van der Waals surface area contributed by atoms with Crippen LogP contribution in [0.15, 0.2) is 42.6 Å². The van der Waals surface area contributed by atoms with Crippen LogP contribution in [0.3, 0.4) is 0 Å². The molecule has 0 amide bonds. The molecular formula is C29H32FN5O2. The first-order valence-electron chi connectivity index (χ1n) is 13.1. The van der Waals surface area contributed by atoms with E-state index >= 15 is 4.39 Å². The number of halogens is 1. The molecule has 2 aliphatic rings. The highest BCUT2D eigenvalue weighted by atomic mass is 19.1. The molecule has 0 saturated carbocycles. The Bertz CT molecular complexity index is 1450. The number of H-pyrrole nitrogens is 2. The monoisotopic (exact) mass is 501 g/mol. The smallest absolute Gasteiger partial charge is 0.159 e. The molecule has 1 fully saturated rings. The zero-order valence-electron chi connectivity index (χ0n) is 21.1. The summed E-state index contributed by atoms with van der Waals surface area (Å²) in [6, 6.07) is 8.69. The van der Waals surface area contributed by atoms with Crippen LogP contribution in [-0.2, 0) is 11.2 Å². The second-order valence-electron chi connectivity index (χ2n) is 10.1. The predicted molar refractivity (Wildman–Crippen MR) is 143 cm³/mol. The third-order valence-corrected chi connectivity index (χ3v) is 7.65. The van der Waals surface area contributed by atoms with Gasteiger partial charge in [-0.25, -0.2) is 9.37 Å². The lowest BCUT2D eigenvalue weighted by atomic mass is 9.96. The molecule has 4 aromatic rings. The Morgan fingerprint density at radius 3 is 2.89 bits per heavy atom. The number of phenols is 1.